The van der Waals surface area contributed by atoms with Gasteiger partial charge in [0.15, 0.2) is 6.10 Å². The Morgan fingerprint density at radius 1 is 0.269 bits per heavy atom. The molecule has 0 aliphatic carbocycles. The first-order chi connectivity index (χ1) is 38.5. The highest BCUT2D eigenvalue weighted by Gasteiger charge is 2.19. The van der Waals surface area contributed by atoms with Gasteiger partial charge in [0, 0.05) is 19.3 Å². The molecule has 0 rings (SSSR count). The number of esters is 3. The van der Waals surface area contributed by atoms with Gasteiger partial charge in [0.25, 0.3) is 0 Å². The summed E-state index contributed by atoms with van der Waals surface area (Å²) < 4.78 is 16.9. The minimum Gasteiger partial charge on any atom is -0.462 e. The Morgan fingerprint density at radius 3 is 0.846 bits per heavy atom. The van der Waals surface area contributed by atoms with Crippen molar-refractivity contribution in [2.75, 3.05) is 13.2 Å². The molecule has 0 N–H and O–H groups in total. The van der Waals surface area contributed by atoms with Gasteiger partial charge in [-0.1, -0.05) is 299 Å². The fourth-order valence-corrected chi connectivity index (χ4v) is 9.85. The molecule has 6 nitrogen and oxygen atoms in total. The topological polar surface area (TPSA) is 78.9 Å². The lowest BCUT2D eigenvalue weighted by Gasteiger charge is -2.18. The highest BCUT2D eigenvalue weighted by Crippen LogP contribution is 2.18. The lowest BCUT2D eigenvalue weighted by Crippen LogP contribution is -2.30. The molecule has 452 valence electrons. The molecular formula is C72H128O6. The van der Waals surface area contributed by atoms with Crippen LogP contribution in [-0.4, -0.2) is 37.2 Å². The Hall–Kier alpha value is -3.15. The van der Waals surface area contributed by atoms with E-state index in [4.69, 9.17) is 14.2 Å². The van der Waals surface area contributed by atoms with Crippen LogP contribution in [0.3, 0.4) is 0 Å². The molecule has 0 aromatic carbocycles. The van der Waals surface area contributed by atoms with E-state index in [1.165, 1.54) is 205 Å². The van der Waals surface area contributed by atoms with Crippen molar-refractivity contribution in [2.45, 2.75) is 354 Å². The predicted octanol–water partition coefficient (Wildman–Crippen LogP) is 23.3. The molecule has 78 heavy (non-hydrogen) atoms. The summed E-state index contributed by atoms with van der Waals surface area (Å²) in [5.74, 6) is -0.885. The monoisotopic (exact) mass is 1090 g/mol. The summed E-state index contributed by atoms with van der Waals surface area (Å²) in [4.78, 5) is 38.2. The fourth-order valence-electron chi connectivity index (χ4n) is 9.85. The van der Waals surface area contributed by atoms with Crippen molar-refractivity contribution >= 4 is 17.9 Å². The number of carbonyl (C=O) groups excluding carboxylic acids is 3. The highest BCUT2D eigenvalue weighted by atomic mass is 16.6. The van der Waals surface area contributed by atoms with Gasteiger partial charge in [-0.2, -0.15) is 0 Å². The van der Waals surface area contributed by atoms with E-state index in [1.807, 2.05) is 0 Å². The van der Waals surface area contributed by atoms with Crippen molar-refractivity contribution < 1.29 is 28.6 Å². The number of unbranched alkanes of at least 4 members (excludes halogenated alkanes) is 39. The molecule has 0 aromatic rings. The van der Waals surface area contributed by atoms with Gasteiger partial charge in [0.1, 0.15) is 13.2 Å². The summed E-state index contributed by atoms with van der Waals surface area (Å²) in [6.07, 6.45) is 86.6. The maximum Gasteiger partial charge on any atom is 0.306 e. The van der Waals surface area contributed by atoms with Crippen LogP contribution in [0, 0.1) is 0 Å². The van der Waals surface area contributed by atoms with Crippen LogP contribution < -0.4 is 0 Å². The molecule has 0 saturated carbocycles. The number of rotatable bonds is 62. The first-order valence-electron chi connectivity index (χ1n) is 33.9. The molecular weight excluding hydrogens is 961 g/mol. The van der Waals surface area contributed by atoms with E-state index < -0.39 is 6.10 Å². The molecule has 0 spiro atoms. The number of hydrogen-bond acceptors (Lipinski definition) is 6. The molecule has 0 aliphatic rings. The molecule has 0 radical (unpaired) electrons. The number of carbonyl (C=O) groups is 3. The zero-order valence-corrected chi connectivity index (χ0v) is 51.9. The quantitative estimate of drug-likeness (QED) is 0.0261. The number of allylic oxidation sites excluding steroid dienone is 12. The van der Waals surface area contributed by atoms with Gasteiger partial charge >= 0.3 is 17.9 Å². The van der Waals surface area contributed by atoms with Crippen LogP contribution in [0.2, 0.25) is 0 Å². The van der Waals surface area contributed by atoms with Gasteiger partial charge in [-0.05, 0) is 103 Å². The third-order valence-electron chi connectivity index (χ3n) is 14.9. The maximum absolute atomic E-state index is 12.9. The van der Waals surface area contributed by atoms with E-state index in [1.54, 1.807) is 0 Å². The average molecular weight is 1090 g/mol. The molecule has 6 heteroatoms. The summed E-state index contributed by atoms with van der Waals surface area (Å²) >= 11 is 0. The summed E-state index contributed by atoms with van der Waals surface area (Å²) in [7, 11) is 0. The van der Waals surface area contributed by atoms with Gasteiger partial charge < -0.3 is 14.2 Å². The maximum atomic E-state index is 12.9. The third-order valence-corrected chi connectivity index (χ3v) is 14.9. The van der Waals surface area contributed by atoms with Gasteiger partial charge in [-0.15, -0.1) is 0 Å². The smallest absolute Gasteiger partial charge is 0.306 e. The fraction of sp³-hybridized carbons (Fsp3) is 0.792. The van der Waals surface area contributed by atoms with Crippen molar-refractivity contribution in [1.82, 2.24) is 0 Å². The molecule has 0 aromatic heterocycles. The minimum absolute atomic E-state index is 0.0790. The second-order valence-electron chi connectivity index (χ2n) is 22.7. The predicted molar refractivity (Wildman–Crippen MR) is 339 cm³/mol. The van der Waals surface area contributed by atoms with Crippen LogP contribution >= 0.6 is 0 Å². The van der Waals surface area contributed by atoms with E-state index in [2.05, 4.69) is 93.7 Å². The Bertz CT molecular complexity index is 1440. The molecule has 0 aliphatic heterocycles. The zero-order chi connectivity index (χ0) is 56.4. The molecule has 1 unspecified atom stereocenters. The zero-order valence-electron chi connectivity index (χ0n) is 51.9. The minimum atomic E-state index is -0.783. The van der Waals surface area contributed by atoms with E-state index >= 15 is 0 Å². The standard InChI is InChI=1S/C72H128O6/c1-4-7-10-13-16-19-22-24-26-28-29-30-31-32-33-34-35-36-37-38-39-40-41-42-43-45-46-48-50-53-56-59-62-65-71(74)77-68-69(67-76-70(73)64-61-58-55-52-21-18-15-12-9-6-3)78-72(75)66-63-60-57-54-51-49-47-44-27-25-23-20-17-14-11-8-5-2/h8,11-12,15,17,20,22,24-25,27-29,69H,4-7,9-10,13-14,16,18-19,21,23,26,30-68H2,1-3H3/b11-8-,15-12-,20-17-,24-22-,27-25-,29-28-. The lowest BCUT2D eigenvalue weighted by atomic mass is 10.0. The second-order valence-corrected chi connectivity index (χ2v) is 22.7. The number of hydrogen-bond donors (Lipinski definition) is 0. The first kappa shape index (κ1) is 74.8. The van der Waals surface area contributed by atoms with E-state index in [0.29, 0.717) is 19.3 Å². The Labute approximate surface area is 484 Å². The van der Waals surface area contributed by atoms with Crippen molar-refractivity contribution in [2.24, 2.45) is 0 Å². The Morgan fingerprint density at radius 2 is 0.526 bits per heavy atom. The summed E-state index contributed by atoms with van der Waals surface area (Å²) in [6.45, 7) is 6.48. The van der Waals surface area contributed by atoms with E-state index in [9.17, 15) is 14.4 Å². The van der Waals surface area contributed by atoms with Crippen LogP contribution in [0.25, 0.3) is 0 Å². The van der Waals surface area contributed by atoms with Crippen molar-refractivity contribution in [3.63, 3.8) is 0 Å². The SMILES string of the molecule is CC/C=C\C/C=C\C/C=C\CCCCCCCCCC(=O)OC(COC(=O)CCCCCCC/C=C\CCC)COC(=O)CCCCCCCCCCCCCCCCCCCCCCC/C=C\C/C=C\CCCCCCC. The van der Waals surface area contributed by atoms with Crippen LogP contribution in [0.1, 0.15) is 348 Å². The summed E-state index contributed by atoms with van der Waals surface area (Å²) in [5.41, 5.74) is 0. The Balaban J connectivity index is 4.07. The Kier molecular flexibility index (Phi) is 63.7. The van der Waals surface area contributed by atoms with Gasteiger partial charge in [-0.3, -0.25) is 14.4 Å². The average Bonchev–Trinajstić information content (AvgIpc) is 3.44. The number of ether oxygens (including phenoxy) is 3. The highest BCUT2D eigenvalue weighted by molar-refractivity contribution is 5.71. The van der Waals surface area contributed by atoms with E-state index in [-0.39, 0.29) is 31.1 Å². The van der Waals surface area contributed by atoms with Crippen LogP contribution in [0.4, 0.5) is 0 Å². The molecule has 0 bridgehead atoms. The third kappa shape index (κ3) is 63.7. The molecule has 0 saturated heterocycles. The van der Waals surface area contributed by atoms with Crippen LogP contribution in [0.15, 0.2) is 72.9 Å². The largest absolute Gasteiger partial charge is 0.462 e. The molecule has 0 amide bonds. The van der Waals surface area contributed by atoms with Crippen molar-refractivity contribution in [3.05, 3.63) is 72.9 Å². The van der Waals surface area contributed by atoms with Crippen LogP contribution in [0.5, 0.6) is 0 Å². The van der Waals surface area contributed by atoms with Gasteiger partial charge in [-0.25, -0.2) is 0 Å². The van der Waals surface area contributed by atoms with E-state index in [0.717, 1.165) is 103 Å². The molecule has 0 heterocycles. The van der Waals surface area contributed by atoms with Crippen molar-refractivity contribution in [1.29, 1.82) is 0 Å². The van der Waals surface area contributed by atoms with Crippen molar-refractivity contribution in [3.8, 4) is 0 Å². The molecule has 0 fully saturated rings. The summed E-state index contributed by atoms with van der Waals surface area (Å²) in [5, 5.41) is 0. The second kappa shape index (κ2) is 66.4. The van der Waals surface area contributed by atoms with Crippen LogP contribution in [-0.2, 0) is 28.6 Å². The first-order valence-corrected chi connectivity index (χ1v) is 33.9. The summed E-state index contributed by atoms with van der Waals surface area (Å²) in [6, 6.07) is 0. The normalized spacial score (nSPS) is 12.5. The van der Waals surface area contributed by atoms with Gasteiger partial charge in [0.05, 0.1) is 0 Å². The lowest BCUT2D eigenvalue weighted by molar-refractivity contribution is -0.167. The molecule has 1 atom stereocenters. The van der Waals surface area contributed by atoms with Gasteiger partial charge in [0.2, 0.25) is 0 Å².